The van der Waals surface area contributed by atoms with Crippen molar-refractivity contribution in [1.82, 2.24) is 0 Å². The van der Waals surface area contributed by atoms with E-state index in [0.29, 0.717) is 23.7 Å². The Kier molecular flexibility index (Phi) is 21.6. The molecule has 0 saturated carbocycles. The van der Waals surface area contributed by atoms with Gasteiger partial charge in [0.25, 0.3) is 0 Å². The van der Waals surface area contributed by atoms with Crippen molar-refractivity contribution >= 4 is 22.1 Å². The molecule has 0 radical (unpaired) electrons. The molecule has 0 heterocycles. The first-order valence-electron chi connectivity index (χ1n) is 14.6. The maximum Gasteiger partial charge on any atom is 1.00 e. The van der Waals surface area contributed by atoms with Gasteiger partial charge in [0.1, 0.15) is 5.75 Å². The van der Waals surface area contributed by atoms with Crippen molar-refractivity contribution < 1.29 is 66.7 Å². The minimum Gasteiger partial charge on any atom is -0.872 e. The Morgan fingerprint density at radius 3 is 1.09 bits per heavy atom. The first-order valence-corrected chi connectivity index (χ1v) is 22.2. The molecule has 2 aromatic rings. The Balaban J connectivity index is 0. The molecule has 0 aromatic heterocycles. The zero-order chi connectivity index (χ0) is 33.8. The van der Waals surface area contributed by atoms with E-state index in [1.807, 2.05) is 18.2 Å². The number of ether oxygens (including phenoxy) is 1. The summed E-state index contributed by atoms with van der Waals surface area (Å²) >= 11 is 0. The Hall–Kier alpha value is -0.390. The SMILES string of the molecule is CC(C)c1cccc(C(C)C)c1OCOP(C)(C)=O.CC(C)c1cccc(C(C)C)c1[O-].CP(C)(=O)OCOP(C)(C)=O.[Na+]. The van der Waals surface area contributed by atoms with Gasteiger partial charge in [-0.1, -0.05) is 103 Å². The molecule has 0 saturated heterocycles. The van der Waals surface area contributed by atoms with Crippen LogP contribution in [-0.4, -0.2) is 53.6 Å². The molecule has 248 valence electrons. The van der Waals surface area contributed by atoms with Crippen molar-refractivity contribution in [1.29, 1.82) is 0 Å². The van der Waals surface area contributed by atoms with Gasteiger partial charge in [-0.25, -0.2) is 0 Å². The van der Waals surface area contributed by atoms with E-state index >= 15 is 0 Å². The molecule has 0 unspecified atom stereocenters. The molecule has 44 heavy (non-hydrogen) atoms. The van der Waals surface area contributed by atoms with Crippen LogP contribution < -0.4 is 39.4 Å². The van der Waals surface area contributed by atoms with Gasteiger partial charge in [0, 0.05) is 40.0 Å². The Morgan fingerprint density at radius 1 is 0.545 bits per heavy atom. The monoisotopic (exact) mass is 684 g/mol. The molecule has 0 aliphatic carbocycles. The molecule has 8 nitrogen and oxygen atoms in total. The average molecular weight is 685 g/mol. The van der Waals surface area contributed by atoms with Crippen molar-refractivity contribution in [3.63, 3.8) is 0 Å². The fourth-order valence-electron chi connectivity index (χ4n) is 3.62. The molecule has 2 aromatic carbocycles. The van der Waals surface area contributed by atoms with Crippen LogP contribution in [0.25, 0.3) is 0 Å². The van der Waals surface area contributed by atoms with E-state index in [1.54, 1.807) is 13.3 Å². The second-order valence-electron chi connectivity index (χ2n) is 12.7. The van der Waals surface area contributed by atoms with Crippen LogP contribution in [0.4, 0.5) is 0 Å². The number of hydrogen-bond donors (Lipinski definition) is 0. The predicted octanol–water partition coefficient (Wildman–Crippen LogP) is 6.89. The number of rotatable bonds is 12. The summed E-state index contributed by atoms with van der Waals surface area (Å²) in [7, 11) is -7.50. The minimum atomic E-state index is -2.51. The zero-order valence-electron chi connectivity index (χ0n) is 29.8. The summed E-state index contributed by atoms with van der Waals surface area (Å²) in [5, 5.41) is 11.9. The van der Waals surface area contributed by atoms with Gasteiger partial charge in [-0.05, 0) is 34.8 Å². The van der Waals surface area contributed by atoms with Crippen LogP contribution in [0.5, 0.6) is 11.5 Å². The van der Waals surface area contributed by atoms with E-state index in [2.05, 4.69) is 73.6 Å². The number of benzene rings is 2. The minimum absolute atomic E-state index is 0. The summed E-state index contributed by atoms with van der Waals surface area (Å²) in [6, 6.07) is 12.0. The third kappa shape index (κ3) is 20.0. The van der Waals surface area contributed by atoms with E-state index < -0.39 is 22.1 Å². The average Bonchev–Trinajstić information content (AvgIpc) is 2.82. The number of hydrogen-bond acceptors (Lipinski definition) is 8. The van der Waals surface area contributed by atoms with Crippen molar-refractivity contribution in [3.05, 3.63) is 58.7 Å². The van der Waals surface area contributed by atoms with Crippen LogP contribution >= 0.6 is 22.1 Å². The standard InChI is InChI=1S/C15H25O3P.C12H18O.C5H14O4P2.Na/c1-11(2)13-8-7-9-14(12(3)4)15(13)17-10-18-19(5,6)16;1-8(2)10-6-5-7-11(9(3)4)12(10)13;1-10(2,6)8-5-9-11(3,4)7;/h7-9,11-12H,10H2,1-6H3;5-9,13H,1-4H3;5H2,1-4H3;/q;;;+1/p-1. The molecule has 0 N–H and O–H groups in total. The number of para-hydroxylation sites is 2. The molecule has 0 spiro atoms. The largest absolute Gasteiger partial charge is 1.00 e. The molecule has 0 amide bonds. The van der Waals surface area contributed by atoms with Crippen LogP contribution in [0.15, 0.2) is 36.4 Å². The zero-order valence-corrected chi connectivity index (χ0v) is 34.5. The van der Waals surface area contributed by atoms with E-state index in [4.69, 9.17) is 18.3 Å². The van der Waals surface area contributed by atoms with E-state index in [0.717, 1.165) is 28.0 Å². The van der Waals surface area contributed by atoms with Crippen molar-refractivity contribution in [2.75, 3.05) is 53.6 Å². The smallest absolute Gasteiger partial charge is 0.872 e. The first-order chi connectivity index (χ1) is 19.5. The maximum atomic E-state index is 11.9. The molecular weight excluding hydrogens is 628 g/mol. The quantitative estimate of drug-likeness (QED) is 0.135. The van der Waals surface area contributed by atoms with Gasteiger partial charge in [-0.15, -0.1) is 5.75 Å². The van der Waals surface area contributed by atoms with Gasteiger partial charge in [0.05, 0.1) is 0 Å². The second-order valence-corrected chi connectivity index (χ2v) is 21.0. The van der Waals surface area contributed by atoms with Crippen molar-refractivity contribution in [3.8, 4) is 11.5 Å². The summed E-state index contributed by atoms with van der Waals surface area (Å²) in [5.41, 5.74) is 4.20. The van der Waals surface area contributed by atoms with Gasteiger partial charge >= 0.3 is 29.6 Å². The third-order valence-corrected chi connectivity index (χ3v) is 8.12. The third-order valence-electron chi connectivity index (χ3n) is 5.93. The summed E-state index contributed by atoms with van der Waals surface area (Å²) in [4.78, 5) is 0. The van der Waals surface area contributed by atoms with Crippen LogP contribution in [0, 0.1) is 0 Å². The fraction of sp³-hybridized carbons (Fsp3) is 0.625. The topological polar surface area (TPSA) is 111 Å². The Labute approximate surface area is 290 Å². The molecule has 2 rings (SSSR count). The van der Waals surface area contributed by atoms with E-state index in [9.17, 15) is 18.8 Å². The molecular formula is C32H56NaO8P3. The molecule has 0 aliphatic rings. The Morgan fingerprint density at radius 2 is 0.818 bits per heavy atom. The van der Waals surface area contributed by atoms with Crippen LogP contribution in [0.3, 0.4) is 0 Å². The van der Waals surface area contributed by atoms with Gasteiger partial charge in [0.15, 0.2) is 35.7 Å². The normalized spacial score (nSPS) is 12.0. The Bertz CT molecular complexity index is 1190. The summed E-state index contributed by atoms with van der Waals surface area (Å²) in [6.07, 6.45) is 0. The maximum absolute atomic E-state index is 11.9. The molecule has 0 fully saturated rings. The fourth-order valence-corrected chi connectivity index (χ4v) is 4.62. The second kappa shape index (κ2) is 20.8. The van der Waals surface area contributed by atoms with Gasteiger partial charge < -0.3 is 18.9 Å². The molecule has 12 heteroatoms. The summed E-state index contributed by atoms with van der Waals surface area (Å²) in [5.74, 6) is 2.51. The first kappa shape index (κ1) is 45.7. The van der Waals surface area contributed by atoms with Gasteiger partial charge in [-0.3, -0.25) is 18.2 Å². The molecule has 0 aliphatic heterocycles. The van der Waals surface area contributed by atoms with E-state index in [-0.39, 0.29) is 48.9 Å². The molecule has 0 atom stereocenters. The van der Waals surface area contributed by atoms with Crippen LogP contribution in [0.1, 0.15) is 101 Å². The van der Waals surface area contributed by atoms with Crippen molar-refractivity contribution in [2.45, 2.75) is 79.1 Å². The van der Waals surface area contributed by atoms with Crippen molar-refractivity contribution in [2.24, 2.45) is 0 Å². The van der Waals surface area contributed by atoms with Gasteiger partial charge in [-0.2, -0.15) is 0 Å². The molecule has 0 bridgehead atoms. The summed E-state index contributed by atoms with van der Waals surface area (Å²) in [6.45, 7) is 25.7. The van der Waals surface area contributed by atoms with Gasteiger partial charge in [0.2, 0.25) is 0 Å². The predicted molar refractivity (Wildman–Crippen MR) is 181 cm³/mol. The van der Waals surface area contributed by atoms with Crippen LogP contribution in [0.2, 0.25) is 0 Å². The van der Waals surface area contributed by atoms with Crippen LogP contribution in [-0.2, 0) is 27.3 Å². The summed E-state index contributed by atoms with van der Waals surface area (Å²) < 4.78 is 53.9. The van der Waals surface area contributed by atoms with E-state index in [1.165, 1.54) is 26.7 Å².